The van der Waals surface area contributed by atoms with E-state index in [0.717, 1.165) is 24.0 Å². The normalized spacial score (nSPS) is 14.1. The Morgan fingerprint density at radius 1 is 1.29 bits per heavy atom. The Labute approximate surface area is 93.3 Å². The maximum absolute atomic E-state index is 8.83. The molecule has 0 heterocycles. The van der Waals surface area contributed by atoms with Gasteiger partial charge in [-0.2, -0.15) is 17.0 Å². The van der Waals surface area contributed by atoms with Gasteiger partial charge in [0.25, 0.3) is 0 Å². The highest BCUT2D eigenvalue weighted by atomic mass is 32.2. The average Bonchev–Trinajstić information content (AvgIpc) is 2.12. The van der Waals surface area contributed by atoms with E-state index in [2.05, 4.69) is 26.8 Å². The van der Waals surface area contributed by atoms with Gasteiger partial charge in [0.05, 0.1) is 11.5 Å². The smallest absolute Gasteiger partial charge is 0.0683 e. The van der Waals surface area contributed by atoms with Crippen molar-refractivity contribution in [1.82, 2.24) is 0 Å². The Hall–Kier alpha value is -0.160. The molecule has 0 bridgehead atoms. The molecule has 82 valence electrons. The van der Waals surface area contributed by atoms with Gasteiger partial charge in [-0.25, -0.2) is 0 Å². The lowest BCUT2D eigenvalue weighted by atomic mass is 9.90. The van der Waals surface area contributed by atoms with Crippen LogP contribution in [0.15, 0.2) is 0 Å². The number of thioether (sulfide) groups is 1. The zero-order valence-electron chi connectivity index (χ0n) is 10.1. The Kier molecular flexibility index (Phi) is 6.27. The van der Waals surface area contributed by atoms with Gasteiger partial charge in [-0.1, -0.05) is 20.8 Å². The summed E-state index contributed by atoms with van der Waals surface area (Å²) in [5.41, 5.74) is -0.137. The molecule has 0 saturated heterocycles. The molecule has 1 unspecified atom stereocenters. The van der Waals surface area contributed by atoms with Crippen molar-refractivity contribution in [3.05, 3.63) is 0 Å². The summed E-state index contributed by atoms with van der Waals surface area (Å²) in [6.45, 7) is 10.8. The van der Waals surface area contributed by atoms with Gasteiger partial charge < -0.3 is 0 Å². The molecule has 0 aromatic heterocycles. The molecule has 0 spiro atoms. The fourth-order valence-corrected chi connectivity index (χ4v) is 2.10. The van der Waals surface area contributed by atoms with Crippen LogP contribution in [0.25, 0.3) is 0 Å². The van der Waals surface area contributed by atoms with Crippen molar-refractivity contribution in [1.29, 1.82) is 5.26 Å². The topological polar surface area (TPSA) is 23.8 Å². The van der Waals surface area contributed by atoms with E-state index in [9.17, 15) is 0 Å². The van der Waals surface area contributed by atoms with Crippen molar-refractivity contribution in [2.24, 2.45) is 11.3 Å². The molecular weight excluding hydrogens is 190 g/mol. The van der Waals surface area contributed by atoms with Crippen LogP contribution in [-0.2, 0) is 0 Å². The summed E-state index contributed by atoms with van der Waals surface area (Å²) >= 11 is 2.03. The molecule has 0 N–H and O–H groups in total. The molecule has 0 aliphatic heterocycles. The summed E-state index contributed by atoms with van der Waals surface area (Å²) in [5.74, 6) is 1.94. The van der Waals surface area contributed by atoms with Gasteiger partial charge >= 0.3 is 0 Å². The van der Waals surface area contributed by atoms with E-state index in [-0.39, 0.29) is 5.41 Å². The van der Waals surface area contributed by atoms with Crippen LogP contribution in [0.2, 0.25) is 0 Å². The second-order valence-corrected chi connectivity index (χ2v) is 6.40. The highest BCUT2D eigenvalue weighted by Gasteiger charge is 2.16. The molecular formula is C12H23NS. The second-order valence-electron chi connectivity index (χ2n) is 4.92. The van der Waals surface area contributed by atoms with E-state index < -0.39 is 0 Å². The SMILES string of the molecule is CC(C)C(C)SCCCC(C)(C)C#N. The monoisotopic (exact) mass is 213 g/mol. The summed E-state index contributed by atoms with van der Waals surface area (Å²) in [7, 11) is 0. The van der Waals surface area contributed by atoms with Crippen molar-refractivity contribution in [3.8, 4) is 6.07 Å². The van der Waals surface area contributed by atoms with E-state index >= 15 is 0 Å². The van der Waals surface area contributed by atoms with Gasteiger partial charge in [0, 0.05) is 5.25 Å². The summed E-state index contributed by atoms with van der Waals surface area (Å²) in [4.78, 5) is 0. The van der Waals surface area contributed by atoms with Gasteiger partial charge in [0.1, 0.15) is 0 Å². The summed E-state index contributed by atoms with van der Waals surface area (Å²) < 4.78 is 0. The van der Waals surface area contributed by atoms with Crippen LogP contribution >= 0.6 is 11.8 Å². The number of hydrogen-bond donors (Lipinski definition) is 0. The minimum atomic E-state index is -0.137. The fraction of sp³-hybridized carbons (Fsp3) is 0.917. The average molecular weight is 213 g/mol. The standard InChI is InChI=1S/C12H23NS/c1-10(2)11(3)14-8-6-7-12(4,5)9-13/h10-11H,6-8H2,1-5H3. The highest BCUT2D eigenvalue weighted by Crippen LogP contribution is 2.25. The lowest BCUT2D eigenvalue weighted by Gasteiger charge is -2.17. The first-order chi connectivity index (χ1) is 6.39. The van der Waals surface area contributed by atoms with Crippen molar-refractivity contribution in [3.63, 3.8) is 0 Å². The third-order valence-corrected chi connectivity index (χ3v) is 4.16. The molecule has 1 atom stereocenters. The molecule has 0 aliphatic rings. The lowest BCUT2D eigenvalue weighted by molar-refractivity contribution is 0.447. The molecule has 1 nitrogen and oxygen atoms in total. The first-order valence-corrected chi connectivity index (χ1v) is 6.47. The molecule has 0 amide bonds. The van der Waals surface area contributed by atoms with E-state index in [1.165, 1.54) is 5.75 Å². The van der Waals surface area contributed by atoms with E-state index in [1.54, 1.807) is 0 Å². The molecule has 0 saturated carbocycles. The van der Waals surface area contributed by atoms with Crippen LogP contribution in [0.5, 0.6) is 0 Å². The molecule has 0 fully saturated rings. The van der Waals surface area contributed by atoms with Gasteiger partial charge in [-0.3, -0.25) is 0 Å². The molecule has 0 aromatic rings. The minimum Gasteiger partial charge on any atom is -0.198 e. The Bertz CT molecular complexity index is 191. The predicted molar refractivity (Wildman–Crippen MR) is 65.4 cm³/mol. The largest absolute Gasteiger partial charge is 0.198 e. The van der Waals surface area contributed by atoms with Crippen molar-refractivity contribution in [2.75, 3.05) is 5.75 Å². The number of hydrogen-bond acceptors (Lipinski definition) is 2. The van der Waals surface area contributed by atoms with Gasteiger partial charge in [0.2, 0.25) is 0 Å². The Balaban J connectivity index is 3.53. The van der Waals surface area contributed by atoms with Gasteiger partial charge in [-0.15, -0.1) is 0 Å². The maximum atomic E-state index is 8.83. The van der Waals surface area contributed by atoms with Gasteiger partial charge in [0.15, 0.2) is 0 Å². The summed E-state index contributed by atoms with van der Waals surface area (Å²) in [6.07, 6.45) is 2.17. The number of nitriles is 1. The van der Waals surface area contributed by atoms with Gasteiger partial charge in [-0.05, 0) is 38.4 Å². The number of rotatable bonds is 6. The van der Waals surface area contributed by atoms with Crippen molar-refractivity contribution in [2.45, 2.75) is 52.7 Å². The zero-order chi connectivity index (χ0) is 11.2. The van der Waals surface area contributed by atoms with Crippen LogP contribution < -0.4 is 0 Å². The third kappa shape index (κ3) is 6.32. The third-order valence-electron chi connectivity index (χ3n) is 2.57. The molecule has 2 heteroatoms. The lowest BCUT2D eigenvalue weighted by Crippen LogP contribution is -2.10. The van der Waals surface area contributed by atoms with Crippen molar-refractivity contribution >= 4 is 11.8 Å². The van der Waals surface area contributed by atoms with Crippen LogP contribution in [-0.4, -0.2) is 11.0 Å². The Morgan fingerprint density at radius 2 is 1.86 bits per heavy atom. The van der Waals surface area contributed by atoms with Crippen molar-refractivity contribution < 1.29 is 0 Å². The summed E-state index contributed by atoms with van der Waals surface area (Å²) in [6, 6.07) is 2.34. The van der Waals surface area contributed by atoms with Crippen LogP contribution in [0.4, 0.5) is 0 Å². The fourth-order valence-electron chi connectivity index (χ4n) is 1.03. The zero-order valence-corrected chi connectivity index (χ0v) is 10.9. The first-order valence-electron chi connectivity index (χ1n) is 5.42. The first kappa shape index (κ1) is 13.8. The van der Waals surface area contributed by atoms with Crippen LogP contribution in [0.1, 0.15) is 47.5 Å². The Morgan fingerprint density at radius 3 is 2.29 bits per heavy atom. The minimum absolute atomic E-state index is 0.137. The quantitative estimate of drug-likeness (QED) is 0.620. The number of nitrogens with zero attached hydrogens (tertiary/aromatic N) is 1. The molecule has 14 heavy (non-hydrogen) atoms. The van der Waals surface area contributed by atoms with Crippen LogP contribution in [0, 0.1) is 22.7 Å². The van der Waals surface area contributed by atoms with E-state index in [0.29, 0.717) is 0 Å². The predicted octanol–water partition coefficient (Wildman–Crippen LogP) is 4.09. The maximum Gasteiger partial charge on any atom is 0.0683 e. The summed E-state index contributed by atoms with van der Waals surface area (Å²) in [5, 5.41) is 9.57. The molecule has 0 rings (SSSR count). The molecule has 0 radical (unpaired) electrons. The van der Waals surface area contributed by atoms with E-state index in [4.69, 9.17) is 5.26 Å². The second kappa shape index (κ2) is 6.35. The molecule has 0 aromatic carbocycles. The van der Waals surface area contributed by atoms with E-state index in [1.807, 2.05) is 25.6 Å². The van der Waals surface area contributed by atoms with Crippen LogP contribution in [0.3, 0.4) is 0 Å². The highest BCUT2D eigenvalue weighted by molar-refractivity contribution is 7.99. The molecule has 0 aliphatic carbocycles.